The number of anilines is 2. The van der Waals surface area contributed by atoms with Gasteiger partial charge in [0.2, 0.25) is 5.91 Å². The summed E-state index contributed by atoms with van der Waals surface area (Å²) in [5.41, 5.74) is 5.45. The highest BCUT2D eigenvalue weighted by Crippen LogP contribution is 2.44. The Labute approximate surface area is 330 Å². The van der Waals surface area contributed by atoms with Crippen molar-refractivity contribution in [1.29, 1.82) is 0 Å². The summed E-state index contributed by atoms with van der Waals surface area (Å²) in [6.45, 7) is 8.76. The lowest BCUT2D eigenvalue weighted by Gasteiger charge is -2.33. The van der Waals surface area contributed by atoms with Gasteiger partial charge in [0, 0.05) is 21.0 Å². The predicted octanol–water partition coefficient (Wildman–Crippen LogP) is 9.88. The number of hydrogen-bond donors (Lipinski definition) is 3. The quantitative estimate of drug-likeness (QED) is 0.0662. The van der Waals surface area contributed by atoms with E-state index >= 15 is 0 Å². The van der Waals surface area contributed by atoms with Gasteiger partial charge in [-0.3, -0.25) is 14.4 Å². The number of esters is 1. The van der Waals surface area contributed by atoms with Crippen molar-refractivity contribution in [1.82, 2.24) is 5.32 Å². The molecular formula is C45H45N3O5S2. The Morgan fingerprint density at radius 3 is 2.24 bits per heavy atom. The second kappa shape index (κ2) is 17.8. The van der Waals surface area contributed by atoms with Gasteiger partial charge in [-0.1, -0.05) is 99.6 Å². The summed E-state index contributed by atoms with van der Waals surface area (Å²) in [7, 11) is 0. The molecule has 1 aromatic heterocycles. The molecule has 8 nitrogen and oxygen atoms in total. The second-order valence-corrected chi connectivity index (χ2v) is 16.6. The highest BCUT2D eigenvalue weighted by molar-refractivity contribution is 8.00. The summed E-state index contributed by atoms with van der Waals surface area (Å²) in [6, 6.07) is 33.6. The van der Waals surface area contributed by atoms with Gasteiger partial charge in [0.05, 0.1) is 17.9 Å². The molecule has 3 amide bonds. The summed E-state index contributed by atoms with van der Waals surface area (Å²) in [5, 5.41) is 9.24. The number of amides is 3. The molecule has 0 spiro atoms. The molecule has 0 saturated heterocycles. The van der Waals surface area contributed by atoms with Crippen LogP contribution in [0.4, 0.5) is 10.7 Å². The molecule has 5 aromatic rings. The molecule has 0 bridgehead atoms. The number of fused-ring (bicyclic) bond motifs is 1. The Kier molecular flexibility index (Phi) is 12.7. The van der Waals surface area contributed by atoms with Crippen LogP contribution in [0.5, 0.6) is 0 Å². The molecule has 0 fully saturated rings. The number of hydrogen-bond acceptors (Lipinski definition) is 7. The lowest BCUT2D eigenvalue weighted by atomic mass is 9.72. The maximum atomic E-state index is 13.7. The van der Waals surface area contributed by atoms with Crippen molar-refractivity contribution in [2.75, 3.05) is 23.0 Å². The summed E-state index contributed by atoms with van der Waals surface area (Å²) in [6.07, 6.45) is 4.27. The number of thioether (sulfide) groups is 1. The van der Waals surface area contributed by atoms with Crippen molar-refractivity contribution < 1.29 is 23.9 Å². The predicted molar refractivity (Wildman–Crippen MR) is 223 cm³/mol. The Bertz CT molecular complexity index is 2190. The van der Waals surface area contributed by atoms with Gasteiger partial charge in [0.25, 0.3) is 11.8 Å². The molecular weight excluding hydrogens is 727 g/mol. The number of rotatable bonds is 12. The van der Waals surface area contributed by atoms with Crippen molar-refractivity contribution >= 4 is 63.6 Å². The molecule has 55 heavy (non-hydrogen) atoms. The number of benzene rings is 4. The molecule has 1 atom stereocenters. The molecule has 4 aromatic carbocycles. The van der Waals surface area contributed by atoms with E-state index in [1.807, 2.05) is 66.7 Å². The zero-order chi connectivity index (χ0) is 39.0. The number of ether oxygens (including phenoxy) is 1. The van der Waals surface area contributed by atoms with E-state index < -0.39 is 17.8 Å². The number of thiophene rings is 1. The third-order valence-corrected chi connectivity index (χ3v) is 11.7. The Balaban J connectivity index is 1.14. The number of carbonyl (C=O) groups is 4. The maximum absolute atomic E-state index is 13.7. The van der Waals surface area contributed by atoms with Crippen LogP contribution in [0.1, 0.15) is 70.8 Å². The molecule has 0 saturated carbocycles. The van der Waals surface area contributed by atoms with Crippen molar-refractivity contribution in [3.63, 3.8) is 0 Å². The Hall–Kier alpha value is -5.45. The fraction of sp³-hybridized carbons (Fsp3) is 0.244. The van der Waals surface area contributed by atoms with Gasteiger partial charge in [0.15, 0.2) is 0 Å². The van der Waals surface area contributed by atoms with Crippen molar-refractivity contribution in [2.24, 2.45) is 11.3 Å². The third-order valence-electron chi connectivity index (χ3n) is 9.54. The molecule has 1 aliphatic rings. The third kappa shape index (κ3) is 10.2. The van der Waals surface area contributed by atoms with Crippen LogP contribution >= 0.6 is 23.1 Å². The Morgan fingerprint density at radius 1 is 0.855 bits per heavy atom. The highest BCUT2D eigenvalue weighted by Gasteiger charge is 2.34. The lowest BCUT2D eigenvalue weighted by molar-refractivity contribution is -0.114. The first kappa shape index (κ1) is 39.2. The zero-order valence-corrected chi connectivity index (χ0v) is 33.1. The summed E-state index contributed by atoms with van der Waals surface area (Å²) < 4.78 is 5.41. The molecule has 0 radical (unpaired) electrons. The monoisotopic (exact) mass is 771 g/mol. The molecule has 0 aliphatic heterocycles. The van der Waals surface area contributed by atoms with E-state index in [2.05, 4.69) is 36.7 Å². The van der Waals surface area contributed by atoms with Crippen LogP contribution in [0.15, 0.2) is 120 Å². The van der Waals surface area contributed by atoms with E-state index in [0.717, 1.165) is 51.3 Å². The van der Waals surface area contributed by atoms with Gasteiger partial charge in [-0.15, -0.1) is 23.1 Å². The van der Waals surface area contributed by atoms with Gasteiger partial charge < -0.3 is 20.7 Å². The van der Waals surface area contributed by atoms with Gasteiger partial charge in [0.1, 0.15) is 10.7 Å². The van der Waals surface area contributed by atoms with Gasteiger partial charge in [-0.05, 0) is 96.2 Å². The first-order chi connectivity index (χ1) is 26.5. The zero-order valence-electron chi connectivity index (χ0n) is 31.4. The van der Waals surface area contributed by atoms with Gasteiger partial charge >= 0.3 is 5.97 Å². The first-order valence-electron chi connectivity index (χ1n) is 18.4. The normalized spacial score (nSPS) is 14.0. The fourth-order valence-electron chi connectivity index (χ4n) is 6.52. The van der Waals surface area contributed by atoms with E-state index in [-0.39, 0.29) is 29.4 Å². The summed E-state index contributed by atoms with van der Waals surface area (Å²) in [4.78, 5) is 55.2. The lowest BCUT2D eigenvalue weighted by Crippen LogP contribution is -2.30. The van der Waals surface area contributed by atoms with E-state index in [4.69, 9.17) is 4.74 Å². The van der Waals surface area contributed by atoms with Crippen molar-refractivity contribution in [3.8, 4) is 11.1 Å². The van der Waals surface area contributed by atoms with Gasteiger partial charge in [-0.25, -0.2) is 4.79 Å². The van der Waals surface area contributed by atoms with Crippen LogP contribution in [0.2, 0.25) is 0 Å². The second-order valence-electron chi connectivity index (χ2n) is 14.4. The average Bonchev–Trinajstić information content (AvgIpc) is 3.55. The van der Waals surface area contributed by atoms with Gasteiger partial charge in [-0.2, -0.15) is 0 Å². The van der Waals surface area contributed by atoms with E-state index in [0.29, 0.717) is 27.7 Å². The fourth-order valence-corrected chi connectivity index (χ4v) is 8.60. The molecule has 282 valence electrons. The molecule has 6 rings (SSSR count). The van der Waals surface area contributed by atoms with Crippen LogP contribution in [0.25, 0.3) is 17.2 Å². The largest absolute Gasteiger partial charge is 0.462 e. The average molecular weight is 772 g/mol. The molecule has 1 unspecified atom stereocenters. The summed E-state index contributed by atoms with van der Waals surface area (Å²) >= 11 is 2.79. The van der Waals surface area contributed by atoms with E-state index in [1.165, 1.54) is 23.1 Å². The summed E-state index contributed by atoms with van der Waals surface area (Å²) in [5.74, 6) is -0.993. The van der Waals surface area contributed by atoms with Crippen molar-refractivity contribution in [2.45, 2.75) is 51.9 Å². The SMILES string of the molecule is CCOC(=O)c1c(NC(=O)CSc2cccc(NC(=O)/C(=C\c3ccc(-c4ccccc4)cc3)NC(=O)c3ccccc3)c2)sc2c1CCC(C(C)(C)C)C2. The molecule has 1 heterocycles. The molecule has 10 heteroatoms. The highest BCUT2D eigenvalue weighted by atomic mass is 32.2. The van der Waals surface area contributed by atoms with E-state index in [9.17, 15) is 19.2 Å². The maximum Gasteiger partial charge on any atom is 0.341 e. The minimum absolute atomic E-state index is 0.0728. The number of nitrogens with one attached hydrogen (secondary N) is 3. The standard InChI is InChI=1S/C45H45N3O5S2/c1-5-53-44(52)40-36-24-23-33(45(2,3)4)26-38(36)55-43(40)48-39(49)28-54-35-18-12-17-34(27-35)46-42(51)37(47-41(50)32-15-10-7-11-16-32)25-29-19-21-31(22-20-29)30-13-8-6-9-14-30/h6-22,25,27,33H,5,23-24,26,28H2,1-4H3,(H,46,51)(H,47,50)(H,48,49)/b37-25+. The Morgan fingerprint density at radius 2 is 1.55 bits per heavy atom. The first-order valence-corrected chi connectivity index (χ1v) is 20.2. The number of carbonyl (C=O) groups excluding carboxylic acids is 4. The minimum atomic E-state index is -0.502. The van der Waals surface area contributed by atoms with Crippen molar-refractivity contribution in [3.05, 3.63) is 142 Å². The van der Waals surface area contributed by atoms with Crippen LogP contribution in [-0.4, -0.2) is 36.1 Å². The van der Waals surface area contributed by atoms with Crippen LogP contribution < -0.4 is 16.0 Å². The van der Waals surface area contributed by atoms with E-state index in [1.54, 1.807) is 55.5 Å². The van der Waals surface area contributed by atoms with Crippen LogP contribution in [-0.2, 0) is 27.2 Å². The molecule has 1 aliphatic carbocycles. The molecule has 3 N–H and O–H groups in total. The smallest absolute Gasteiger partial charge is 0.341 e. The minimum Gasteiger partial charge on any atom is -0.462 e. The van der Waals surface area contributed by atoms with Crippen LogP contribution in [0.3, 0.4) is 0 Å². The van der Waals surface area contributed by atoms with Crippen LogP contribution in [0, 0.1) is 11.3 Å². The topological polar surface area (TPSA) is 114 Å².